The Morgan fingerprint density at radius 2 is 1.81 bits per heavy atom. The summed E-state index contributed by atoms with van der Waals surface area (Å²) in [6.07, 6.45) is 0.994. The minimum atomic E-state index is -0.120. The van der Waals surface area contributed by atoms with Crippen molar-refractivity contribution < 1.29 is 4.74 Å². The van der Waals surface area contributed by atoms with Crippen molar-refractivity contribution in [3.05, 3.63) is 29.8 Å². The van der Waals surface area contributed by atoms with E-state index in [1.165, 1.54) is 5.56 Å². The Kier molecular flexibility index (Phi) is 4.81. The van der Waals surface area contributed by atoms with Crippen molar-refractivity contribution in [2.75, 3.05) is 13.1 Å². The molecule has 1 unspecified atom stereocenters. The van der Waals surface area contributed by atoms with Crippen LogP contribution in [0.2, 0.25) is 0 Å². The minimum absolute atomic E-state index is 0.120. The third-order valence-electron chi connectivity index (χ3n) is 2.88. The van der Waals surface area contributed by atoms with E-state index in [0.29, 0.717) is 0 Å². The highest BCUT2D eigenvalue weighted by Crippen LogP contribution is 2.21. The first-order valence-electron chi connectivity index (χ1n) is 6.06. The summed E-state index contributed by atoms with van der Waals surface area (Å²) in [4.78, 5) is 0. The Labute approximate surface area is 99.0 Å². The zero-order valence-electron chi connectivity index (χ0n) is 10.8. The van der Waals surface area contributed by atoms with Crippen molar-refractivity contribution in [1.82, 2.24) is 5.32 Å². The van der Waals surface area contributed by atoms with Crippen LogP contribution in [0.4, 0.5) is 0 Å². The zero-order valence-corrected chi connectivity index (χ0v) is 10.8. The highest BCUT2D eigenvalue weighted by Gasteiger charge is 2.23. The van der Waals surface area contributed by atoms with Crippen LogP contribution in [0.15, 0.2) is 24.3 Å². The molecule has 16 heavy (non-hydrogen) atoms. The third-order valence-corrected chi connectivity index (χ3v) is 2.88. The van der Waals surface area contributed by atoms with Crippen molar-refractivity contribution in [3.63, 3.8) is 0 Å². The largest absolute Gasteiger partial charge is 0.486 e. The molecule has 1 rings (SSSR count). The molecule has 0 aliphatic carbocycles. The SMILES string of the molecule is CCNCC(C)(CC)Oc1ccc(C)cc1. The van der Waals surface area contributed by atoms with Crippen LogP contribution < -0.4 is 10.1 Å². The van der Waals surface area contributed by atoms with Gasteiger partial charge in [-0.1, -0.05) is 31.5 Å². The average molecular weight is 221 g/mol. The lowest BCUT2D eigenvalue weighted by molar-refractivity contribution is 0.0842. The lowest BCUT2D eigenvalue weighted by Crippen LogP contribution is -2.42. The lowest BCUT2D eigenvalue weighted by Gasteiger charge is -2.30. The van der Waals surface area contributed by atoms with Gasteiger partial charge in [-0.25, -0.2) is 0 Å². The summed E-state index contributed by atoms with van der Waals surface area (Å²) in [5.74, 6) is 0.952. The van der Waals surface area contributed by atoms with Gasteiger partial charge in [-0.15, -0.1) is 0 Å². The molecule has 0 amide bonds. The number of aryl methyl sites for hydroxylation is 1. The first-order valence-corrected chi connectivity index (χ1v) is 6.06. The number of likely N-dealkylation sites (N-methyl/N-ethyl adjacent to an activating group) is 1. The molecule has 0 saturated heterocycles. The van der Waals surface area contributed by atoms with E-state index in [-0.39, 0.29) is 5.60 Å². The van der Waals surface area contributed by atoms with Crippen LogP contribution in [-0.4, -0.2) is 18.7 Å². The number of rotatable bonds is 6. The van der Waals surface area contributed by atoms with Gasteiger partial charge in [0.25, 0.3) is 0 Å². The zero-order chi connectivity index (χ0) is 12.0. The van der Waals surface area contributed by atoms with E-state index in [0.717, 1.165) is 25.3 Å². The number of benzene rings is 1. The van der Waals surface area contributed by atoms with Gasteiger partial charge in [-0.2, -0.15) is 0 Å². The van der Waals surface area contributed by atoms with Crippen molar-refractivity contribution >= 4 is 0 Å². The molecule has 2 nitrogen and oxygen atoms in total. The molecule has 0 saturated carbocycles. The number of ether oxygens (including phenoxy) is 1. The van der Waals surface area contributed by atoms with Crippen LogP contribution in [0.5, 0.6) is 5.75 Å². The maximum Gasteiger partial charge on any atom is 0.120 e. The van der Waals surface area contributed by atoms with Crippen LogP contribution in [0.1, 0.15) is 32.8 Å². The molecule has 0 aliphatic heterocycles. The second-order valence-electron chi connectivity index (χ2n) is 4.50. The highest BCUT2D eigenvalue weighted by molar-refractivity contribution is 5.27. The summed E-state index contributed by atoms with van der Waals surface area (Å²) in [6, 6.07) is 8.24. The molecule has 2 heteroatoms. The fraction of sp³-hybridized carbons (Fsp3) is 0.571. The van der Waals surface area contributed by atoms with E-state index in [1.807, 2.05) is 12.1 Å². The van der Waals surface area contributed by atoms with E-state index in [1.54, 1.807) is 0 Å². The third kappa shape index (κ3) is 3.86. The lowest BCUT2D eigenvalue weighted by atomic mass is 10.0. The molecule has 0 radical (unpaired) electrons. The van der Waals surface area contributed by atoms with Gasteiger partial charge in [0.1, 0.15) is 11.4 Å². The van der Waals surface area contributed by atoms with E-state index >= 15 is 0 Å². The number of hydrogen-bond acceptors (Lipinski definition) is 2. The Hall–Kier alpha value is -1.02. The predicted molar refractivity (Wildman–Crippen MR) is 69.0 cm³/mol. The van der Waals surface area contributed by atoms with Gasteiger partial charge >= 0.3 is 0 Å². The van der Waals surface area contributed by atoms with Gasteiger partial charge in [0.15, 0.2) is 0 Å². The molecule has 1 aromatic carbocycles. The van der Waals surface area contributed by atoms with E-state index < -0.39 is 0 Å². The summed E-state index contributed by atoms with van der Waals surface area (Å²) in [5, 5.41) is 3.35. The molecule has 0 heterocycles. The average Bonchev–Trinajstić information content (AvgIpc) is 2.30. The second kappa shape index (κ2) is 5.90. The maximum absolute atomic E-state index is 6.05. The summed E-state index contributed by atoms with van der Waals surface area (Å²) >= 11 is 0. The Morgan fingerprint density at radius 3 is 2.31 bits per heavy atom. The van der Waals surface area contributed by atoms with Crippen LogP contribution >= 0.6 is 0 Å². The standard InChI is InChI=1S/C14H23NO/c1-5-14(4,11-15-6-2)16-13-9-7-12(3)8-10-13/h7-10,15H,5-6,11H2,1-4H3. The Bertz CT molecular complexity index is 307. The van der Waals surface area contributed by atoms with Gasteiger partial charge in [-0.3, -0.25) is 0 Å². The second-order valence-corrected chi connectivity index (χ2v) is 4.50. The van der Waals surface area contributed by atoms with Crippen molar-refractivity contribution in [1.29, 1.82) is 0 Å². The van der Waals surface area contributed by atoms with Gasteiger partial charge in [0, 0.05) is 6.54 Å². The maximum atomic E-state index is 6.05. The van der Waals surface area contributed by atoms with Crippen molar-refractivity contribution in [3.8, 4) is 5.75 Å². The quantitative estimate of drug-likeness (QED) is 0.796. The highest BCUT2D eigenvalue weighted by atomic mass is 16.5. The van der Waals surface area contributed by atoms with E-state index in [9.17, 15) is 0 Å². The summed E-state index contributed by atoms with van der Waals surface area (Å²) in [5.41, 5.74) is 1.14. The fourth-order valence-corrected chi connectivity index (χ4v) is 1.51. The van der Waals surface area contributed by atoms with Crippen LogP contribution in [0.3, 0.4) is 0 Å². The van der Waals surface area contributed by atoms with Gasteiger partial charge in [0.05, 0.1) is 0 Å². The molecule has 90 valence electrons. The Morgan fingerprint density at radius 1 is 1.19 bits per heavy atom. The van der Waals surface area contributed by atoms with Crippen LogP contribution in [0.25, 0.3) is 0 Å². The van der Waals surface area contributed by atoms with Gasteiger partial charge in [-0.05, 0) is 38.9 Å². The molecule has 0 fully saturated rings. The molecule has 1 N–H and O–H groups in total. The number of hydrogen-bond donors (Lipinski definition) is 1. The molecule has 0 aliphatic rings. The molecular formula is C14H23NO. The molecule has 1 aromatic rings. The minimum Gasteiger partial charge on any atom is -0.486 e. The monoisotopic (exact) mass is 221 g/mol. The van der Waals surface area contributed by atoms with Gasteiger partial charge in [0.2, 0.25) is 0 Å². The summed E-state index contributed by atoms with van der Waals surface area (Å²) < 4.78 is 6.05. The smallest absolute Gasteiger partial charge is 0.120 e. The molecule has 0 bridgehead atoms. The molecule has 0 aromatic heterocycles. The topological polar surface area (TPSA) is 21.3 Å². The van der Waals surface area contributed by atoms with E-state index in [2.05, 4.69) is 45.1 Å². The molecule has 0 spiro atoms. The van der Waals surface area contributed by atoms with Crippen LogP contribution in [-0.2, 0) is 0 Å². The van der Waals surface area contributed by atoms with Crippen LogP contribution in [0, 0.1) is 6.92 Å². The van der Waals surface area contributed by atoms with Crippen molar-refractivity contribution in [2.45, 2.75) is 39.7 Å². The Balaban J connectivity index is 2.64. The normalized spacial score (nSPS) is 14.5. The summed E-state index contributed by atoms with van der Waals surface area (Å²) in [6.45, 7) is 10.4. The number of nitrogens with one attached hydrogen (secondary N) is 1. The molecule has 1 atom stereocenters. The predicted octanol–water partition coefficient (Wildman–Crippen LogP) is 3.15. The first kappa shape index (κ1) is 13.0. The van der Waals surface area contributed by atoms with Crippen molar-refractivity contribution in [2.24, 2.45) is 0 Å². The first-order chi connectivity index (χ1) is 7.59. The van der Waals surface area contributed by atoms with E-state index in [4.69, 9.17) is 4.74 Å². The molecular weight excluding hydrogens is 198 g/mol. The van der Waals surface area contributed by atoms with Gasteiger partial charge < -0.3 is 10.1 Å². The fourth-order valence-electron chi connectivity index (χ4n) is 1.51. The summed E-state index contributed by atoms with van der Waals surface area (Å²) in [7, 11) is 0.